The highest BCUT2D eigenvalue weighted by molar-refractivity contribution is 5.99. The van der Waals surface area contributed by atoms with Crippen molar-refractivity contribution < 1.29 is 14.6 Å². The number of carbonyl (C=O) groups is 1. The van der Waals surface area contributed by atoms with Crippen molar-refractivity contribution in [2.45, 2.75) is 6.92 Å². The largest absolute Gasteiger partial charge is 0.394 e. The first kappa shape index (κ1) is 13.4. The standard InChI is InChI=1S/C12H16N4O3/c1-9-6-14-11-10(7-15-16(11)8-9)12(18)13-2-4-19-5-3-17/h6-8,17H,2-5H2,1H3,(H,13,18). The van der Waals surface area contributed by atoms with E-state index in [0.29, 0.717) is 24.4 Å². The molecule has 0 spiro atoms. The Kier molecular flexibility index (Phi) is 4.43. The van der Waals surface area contributed by atoms with Crippen molar-refractivity contribution in [3.63, 3.8) is 0 Å². The molecule has 2 aromatic rings. The Hall–Kier alpha value is -1.99. The third-order valence-electron chi connectivity index (χ3n) is 2.50. The van der Waals surface area contributed by atoms with Gasteiger partial charge in [0.15, 0.2) is 5.65 Å². The molecular weight excluding hydrogens is 248 g/mol. The normalized spacial score (nSPS) is 10.8. The fourth-order valence-electron chi connectivity index (χ4n) is 1.63. The summed E-state index contributed by atoms with van der Waals surface area (Å²) in [7, 11) is 0. The number of rotatable bonds is 6. The van der Waals surface area contributed by atoms with E-state index in [1.54, 1.807) is 10.7 Å². The van der Waals surface area contributed by atoms with Gasteiger partial charge in [-0.2, -0.15) is 5.10 Å². The monoisotopic (exact) mass is 264 g/mol. The van der Waals surface area contributed by atoms with Crippen LogP contribution in [0.4, 0.5) is 0 Å². The molecule has 2 heterocycles. The van der Waals surface area contributed by atoms with Gasteiger partial charge in [-0.05, 0) is 12.5 Å². The summed E-state index contributed by atoms with van der Waals surface area (Å²) in [5, 5.41) is 15.3. The van der Waals surface area contributed by atoms with Crippen molar-refractivity contribution in [1.29, 1.82) is 0 Å². The lowest BCUT2D eigenvalue weighted by Crippen LogP contribution is -2.27. The van der Waals surface area contributed by atoms with E-state index in [0.717, 1.165) is 5.56 Å². The van der Waals surface area contributed by atoms with Crippen LogP contribution in [-0.2, 0) is 4.74 Å². The van der Waals surface area contributed by atoms with Crippen molar-refractivity contribution in [2.75, 3.05) is 26.4 Å². The number of hydrogen-bond acceptors (Lipinski definition) is 5. The molecule has 0 aromatic carbocycles. The van der Waals surface area contributed by atoms with Gasteiger partial charge < -0.3 is 15.2 Å². The van der Waals surface area contributed by atoms with Crippen molar-refractivity contribution in [1.82, 2.24) is 19.9 Å². The Morgan fingerprint density at radius 3 is 3.11 bits per heavy atom. The molecule has 7 heteroatoms. The summed E-state index contributed by atoms with van der Waals surface area (Å²) in [5.74, 6) is -0.237. The van der Waals surface area contributed by atoms with Gasteiger partial charge in [0.05, 0.1) is 26.0 Å². The molecule has 0 aliphatic heterocycles. The number of aliphatic hydroxyl groups excluding tert-OH is 1. The molecule has 102 valence electrons. The number of amides is 1. The molecule has 0 aliphatic rings. The van der Waals surface area contributed by atoms with Gasteiger partial charge in [-0.1, -0.05) is 0 Å². The van der Waals surface area contributed by atoms with Crippen LogP contribution in [0.15, 0.2) is 18.6 Å². The summed E-state index contributed by atoms with van der Waals surface area (Å²) in [6.45, 7) is 2.89. The second-order valence-electron chi connectivity index (χ2n) is 4.05. The van der Waals surface area contributed by atoms with Crippen LogP contribution in [-0.4, -0.2) is 52.0 Å². The number of hydrogen-bond donors (Lipinski definition) is 2. The fourth-order valence-corrected chi connectivity index (χ4v) is 1.63. The predicted molar refractivity (Wildman–Crippen MR) is 68.0 cm³/mol. The number of ether oxygens (including phenoxy) is 1. The molecule has 7 nitrogen and oxygen atoms in total. The number of carbonyl (C=O) groups excluding carboxylic acids is 1. The molecule has 2 rings (SSSR count). The van der Waals surface area contributed by atoms with E-state index in [4.69, 9.17) is 9.84 Å². The average molecular weight is 264 g/mol. The zero-order chi connectivity index (χ0) is 13.7. The topological polar surface area (TPSA) is 88.8 Å². The first-order valence-electron chi connectivity index (χ1n) is 5.99. The highest BCUT2D eigenvalue weighted by Crippen LogP contribution is 2.08. The maximum atomic E-state index is 11.9. The lowest BCUT2D eigenvalue weighted by Gasteiger charge is -2.04. The maximum Gasteiger partial charge on any atom is 0.256 e. The number of nitrogens with one attached hydrogen (secondary N) is 1. The molecule has 0 saturated heterocycles. The van der Waals surface area contributed by atoms with E-state index >= 15 is 0 Å². The van der Waals surface area contributed by atoms with Crippen molar-refractivity contribution in [3.8, 4) is 0 Å². The van der Waals surface area contributed by atoms with Gasteiger partial charge in [0.1, 0.15) is 5.56 Å². The molecule has 0 saturated carbocycles. The van der Waals surface area contributed by atoms with E-state index in [-0.39, 0.29) is 19.1 Å². The second-order valence-corrected chi connectivity index (χ2v) is 4.05. The van der Waals surface area contributed by atoms with Gasteiger partial charge in [-0.25, -0.2) is 9.50 Å². The van der Waals surface area contributed by atoms with Gasteiger partial charge in [0.2, 0.25) is 0 Å². The van der Waals surface area contributed by atoms with E-state index in [1.165, 1.54) is 6.20 Å². The average Bonchev–Trinajstić information content (AvgIpc) is 2.81. The Balaban J connectivity index is 1.97. The van der Waals surface area contributed by atoms with E-state index in [9.17, 15) is 4.79 Å². The Morgan fingerprint density at radius 2 is 2.32 bits per heavy atom. The fraction of sp³-hybridized carbons (Fsp3) is 0.417. The van der Waals surface area contributed by atoms with Crippen LogP contribution in [0.3, 0.4) is 0 Å². The van der Waals surface area contributed by atoms with Crippen molar-refractivity contribution in [2.24, 2.45) is 0 Å². The van der Waals surface area contributed by atoms with Crippen molar-refractivity contribution in [3.05, 3.63) is 29.7 Å². The molecule has 0 fully saturated rings. The van der Waals surface area contributed by atoms with Crippen LogP contribution in [0.1, 0.15) is 15.9 Å². The molecule has 0 aliphatic carbocycles. The zero-order valence-electron chi connectivity index (χ0n) is 10.7. The van der Waals surface area contributed by atoms with Crippen molar-refractivity contribution >= 4 is 11.6 Å². The molecule has 1 amide bonds. The summed E-state index contributed by atoms with van der Waals surface area (Å²) in [5.41, 5.74) is 1.93. The minimum Gasteiger partial charge on any atom is -0.394 e. The number of aliphatic hydroxyl groups is 1. The molecule has 19 heavy (non-hydrogen) atoms. The maximum absolute atomic E-state index is 11.9. The third kappa shape index (κ3) is 3.27. The number of aryl methyl sites for hydroxylation is 1. The van der Waals surface area contributed by atoms with Crippen LogP contribution in [0.25, 0.3) is 5.65 Å². The smallest absolute Gasteiger partial charge is 0.256 e. The highest BCUT2D eigenvalue weighted by Gasteiger charge is 2.13. The van der Waals surface area contributed by atoms with Crippen LogP contribution in [0.2, 0.25) is 0 Å². The van der Waals surface area contributed by atoms with Gasteiger partial charge >= 0.3 is 0 Å². The molecule has 0 atom stereocenters. The van der Waals surface area contributed by atoms with Gasteiger partial charge in [0, 0.05) is 18.9 Å². The molecule has 2 aromatic heterocycles. The Labute approximate surface area is 110 Å². The Bertz CT molecular complexity index is 567. The second kappa shape index (κ2) is 6.26. The van der Waals surface area contributed by atoms with Gasteiger partial charge in [0.25, 0.3) is 5.91 Å². The molecule has 2 N–H and O–H groups in total. The number of fused-ring (bicyclic) bond motifs is 1. The van der Waals surface area contributed by atoms with Gasteiger partial charge in [-0.3, -0.25) is 4.79 Å². The first-order chi connectivity index (χ1) is 9.22. The number of aromatic nitrogens is 3. The lowest BCUT2D eigenvalue weighted by molar-refractivity contribution is 0.0839. The minimum atomic E-state index is -0.237. The summed E-state index contributed by atoms with van der Waals surface area (Å²) in [6.07, 6.45) is 4.99. The molecule has 0 radical (unpaired) electrons. The van der Waals surface area contributed by atoms with E-state index in [1.807, 2.05) is 13.1 Å². The summed E-state index contributed by atoms with van der Waals surface area (Å²) in [4.78, 5) is 16.1. The first-order valence-corrected chi connectivity index (χ1v) is 5.99. The summed E-state index contributed by atoms with van der Waals surface area (Å²) < 4.78 is 6.63. The van der Waals surface area contributed by atoms with Crippen LogP contribution >= 0.6 is 0 Å². The Morgan fingerprint density at radius 1 is 1.47 bits per heavy atom. The number of nitrogens with zero attached hydrogens (tertiary/aromatic N) is 3. The van der Waals surface area contributed by atoms with Gasteiger partial charge in [-0.15, -0.1) is 0 Å². The SMILES string of the molecule is Cc1cnc2c(C(=O)NCCOCCO)cnn2c1. The molecule has 0 unspecified atom stereocenters. The summed E-state index contributed by atoms with van der Waals surface area (Å²) >= 11 is 0. The molecular formula is C12H16N4O3. The van der Waals surface area contributed by atoms with E-state index < -0.39 is 0 Å². The zero-order valence-corrected chi connectivity index (χ0v) is 10.7. The predicted octanol–water partition coefficient (Wildman–Crippen LogP) is -0.224. The minimum absolute atomic E-state index is 0.0226. The summed E-state index contributed by atoms with van der Waals surface area (Å²) in [6, 6.07) is 0. The highest BCUT2D eigenvalue weighted by atomic mass is 16.5. The third-order valence-corrected chi connectivity index (χ3v) is 2.50. The quantitative estimate of drug-likeness (QED) is 0.704. The van der Waals surface area contributed by atoms with Crippen LogP contribution in [0.5, 0.6) is 0 Å². The van der Waals surface area contributed by atoms with E-state index in [2.05, 4.69) is 15.4 Å². The van der Waals surface area contributed by atoms with Crippen LogP contribution in [0, 0.1) is 6.92 Å². The lowest BCUT2D eigenvalue weighted by atomic mass is 10.3. The van der Waals surface area contributed by atoms with Crippen LogP contribution < -0.4 is 5.32 Å². The molecule has 0 bridgehead atoms.